The van der Waals surface area contributed by atoms with E-state index < -0.39 is 0 Å². The highest BCUT2D eigenvalue weighted by Crippen LogP contribution is 2.27. The molecule has 0 atom stereocenters. The number of nitrogens with one attached hydrogen (secondary N) is 2. The Morgan fingerprint density at radius 1 is 0.755 bits per heavy atom. The fourth-order valence-corrected chi connectivity index (χ4v) is 8.45. The minimum absolute atomic E-state index is 0.0305. The van der Waals surface area contributed by atoms with Crippen LogP contribution < -0.4 is 16.4 Å². The fourth-order valence-electron chi connectivity index (χ4n) is 6.85. The fraction of sp³-hybridized carbons (Fsp3) is 0.500. The third kappa shape index (κ3) is 11.7. The monoisotopic (exact) mass is 755 g/mol. The van der Waals surface area contributed by atoms with Crippen molar-refractivity contribution >= 4 is 52.2 Å². The number of rotatable bonds is 11. The van der Waals surface area contributed by atoms with Gasteiger partial charge in [-0.2, -0.15) is 0 Å². The van der Waals surface area contributed by atoms with Gasteiger partial charge in [-0.05, 0) is 106 Å². The Balaban J connectivity index is 0.000000208. The zero-order valence-corrected chi connectivity index (χ0v) is 34.0. The Bertz CT molecular complexity index is 1870. The molecule has 4 N–H and O–H groups in total. The Morgan fingerprint density at radius 3 is 1.72 bits per heavy atom. The van der Waals surface area contributed by atoms with Gasteiger partial charge in [0.05, 0.1) is 22.0 Å². The summed E-state index contributed by atoms with van der Waals surface area (Å²) in [5, 5.41) is 12.0. The summed E-state index contributed by atoms with van der Waals surface area (Å²) in [5.74, 6) is -0.0633. The molecule has 0 aliphatic heterocycles. The van der Waals surface area contributed by atoms with Crippen LogP contribution >= 0.6 is 22.7 Å². The third-order valence-corrected chi connectivity index (χ3v) is 12.1. The van der Waals surface area contributed by atoms with Gasteiger partial charge in [-0.3, -0.25) is 9.59 Å². The Morgan fingerprint density at radius 2 is 1.23 bits per heavy atom. The second-order valence-electron chi connectivity index (χ2n) is 14.7. The highest BCUT2D eigenvalue weighted by molar-refractivity contribution is 7.10. The second kappa shape index (κ2) is 19.3. The number of aryl methyl sites for hydroxylation is 4. The molecule has 2 amide bonds. The number of carbonyl (C=O) groups is 2. The molecule has 4 aromatic rings. The third-order valence-electron chi connectivity index (χ3n) is 10.4. The van der Waals surface area contributed by atoms with E-state index in [2.05, 4.69) is 76.4 Å². The number of nitrogen functional groups attached to an aromatic ring is 1. The normalized spacial score (nSPS) is 15.2. The summed E-state index contributed by atoms with van der Waals surface area (Å²) in [6, 6.07) is 9.08. The molecule has 2 aliphatic rings. The van der Waals surface area contributed by atoms with Crippen molar-refractivity contribution in [3.8, 4) is 0 Å². The summed E-state index contributed by atoms with van der Waals surface area (Å²) in [7, 11) is 2.02. The number of benzene rings is 2. The summed E-state index contributed by atoms with van der Waals surface area (Å²) in [6.45, 7) is 11.3. The van der Waals surface area contributed by atoms with Gasteiger partial charge < -0.3 is 21.3 Å². The average molecular weight is 756 g/mol. The molecule has 2 heterocycles. The highest BCUT2D eigenvalue weighted by Gasteiger charge is 2.20. The number of nitrogens with two attached hydrogens (primary N) is 1. The van der Waals surface area contributed by atoms with E-state index in [0.29, 0.717) is 23.5 Å². The Hall–Kier alpha value is -4.09. The first-order valence-electron chi connectivity index (χ1n) is 19.2. The SMILES string of the molecule is CCN(C)C=Nc1cc(C)c(Cc2nc(C(=O)NC3CCCCC3)cs2)cc1C.Cc1cc(Cc2nc(C(=O)NC3CCCCC3)cs2)c(C)cc1N. The molecule has 9 nitrogen and oxygen atoms in total. The van der Waals surface area contributed by atoms with Crippen molar-refractivity contribution < 1.29 is 9.59 Å². The molecule has 0 radical (unpaired) electrons. The number of anilines is 1. The Labute approximate surface area is 323 Å². The van der Waals surface area contributed by atoms with Crippen LogP contribution in [0.1, 0.15) is 136 Å². The van der Waals surface area contributed by atoms with E-state index in [0.717, 1.165) is 77.6 Å². The molecule has 0 spiro atoms. The summed E-state index contributed by atoms with van der Waals surface area (Å²) in [6.07, 6.45) is 15.1. The number of carbonyl (C=O) groups excluding carboxylic acids is 2. The van der Waals surface area contributed by atoms with Crippen molar-refractivity contribution in [2.45, 2.75) is 124 Å². The van der Waals surface area contributed by atoms with Crippen LogP contribution in [0, 0.1) is 27.7 Å². The quantitative estimate of drug-likeness (QED) is 0.0797. The second-order valence-corrected chi connectivity index (χ2v) is 16.6. The van der Waals surface area contributed by atoms with Crippen LogP contribution in [0.3, 0.4) is 0 Å². The summed E-state index contributed by atoms with van der Waals surface area (Å²) in [5.41, 5.74) is 15.9. The maximum atomic E-state index is 12.5. The van der Waals surface area contributed by atoms with Gasteiger partial charge in [0.15, 0.2) is 0 Å². The maximum absolute atomic E-state index is 12.5. The molecule has 2 aromatic heterocycles. The van der Waals surface area contributed by atoms with Gasteiger partial charge in [-0.1, -0.05) is 50.7 Å². The molecule has 0 bridgehead atoms. The molecule has 53 heavy (non-hydrogen) atoms. The number of aromatic nitrogens is 2. The van der Waals surface area contributed by atoms with E-state index >= 15 is 0 Å². The van der Waals surface area contributed by atoms with Crippen LogP contribution in [0.5, 0.6) is 0 Å². The summed E-state index contributed by atoms with van der Waals surface area (Å²) in [4.78, 5) is 40.7. The van der Waals surface area contributed by atoms with Crippen LogP contribution in [-0.2, 0) is 12.8 Å². The van der Waals surface area contributed by atoms with Crippen LogP contribution in [0.15, 0.2) is 40.0 Å². The molecule has 2 aliphatic carbocycles. The molecule has 2 fully saturated rings. The van der Waals surface area contributed by atoms with Gasteiger partial charge in [0.1, 0.15) is 11.4 Å². The van der Waals surface area contributed by atoms with Crippen molar-refractivity contribution in [1.82, 2.24) is 25.5 Å². The summed E-state index contributed by atoms with van der Waals surface area (Å²) >= 11 is 3.11. The van der Waals surface area contributed by atoms with Gasteiger partial charge in [-0.15, -0.1) is 22.7 Å². The van der Waals surface area contributed by atoms with Gasteiger partial charge >= 0.3 is 0 Å². The topological polar surface area (TPSA) is 126 Å². The average Bonchev–Trinajstić information content (AvgIpc) is 3.83. The number of amides is 2. The standard InChI is InChI=1S/C23H32N4OS.C19H25N3OS/c1-5-27(4)15-24-20-12-16(2)18(11-17(20)3)13-22-26-21(14-29-22)23(28)25-19-9-7-6-8-10-19;1-12-9-16(20)13(2)8-14(12)10-18-22-17(11-24-18)19(23)21-15-6-4-3-5-7-15/h11-12,14-15,19H,5-10,13H2,1-4H3,(H,25,28);8-9,11,15H,3-7,10,20H2,1-2H3,(H,21,23). The minimum Gasteiger partial charge on any atom is -0.399 e. The lowest BCUT2D eigenvalue weighted by Crippen LogP contribution is -2.36. The number of thiazole rings is 2. The van der Waals surface area contributed by atoms with Crippen LogP contribution in [0.2, 0.25) is 0 Å². The lowest BCUT2D eigenvalue weighted by molar-refractivity contribution is 0.0915. The van der Waals surface area contributed by atoms with E-state index in [9.17, 15) is 9.59 Å². The van der Waals surface area contributed by atoms with Crippen molar-refractivity contribution in [3.63, 3.8) is 0 Å². The van der Waals surface area contributed by atoms with Gasteiger partial charge in [-0.25, -0.2) is 15.0 Å². The molecule has 11 heteroatoms. The molecule has 0 saturated heterocycles. The summed E-state index contributed by atoms with van der Waals surface area (Å²) < 4.78 is 0. The van der Waals surface area contributed by atoms with Crippen molar-refractivity contribution in [3.05, 3.63) is 89.8 Å². The maximum Gasteiger partial charge on any atom is 0.270 e. The number of hydrogen-bond donors (Lipinski definition) is 3. The predicted octanol–water partition coefficient (Wildman–Crippen LogP) is 9.02. The molecule has 6 rings (SSSR count). The minimum atomic E-state index is -0.0328. The van der Waals surface area contributed by atoms with Crippen LogP contribution in [0.25, 0.3) is 0 Å². The zero-order chi connectivity index (χ0) is 37.9. The van der Waals surface area contributed by atoms with Gasteiger partial charge in [0.25, 0.3) is 11.8 Å². The van der Waals surface area contributed by atoms with Gasteiger partial charge in [0, 0.05) is 55.0 Å². The molecule has 0 unspecified atom stereocenters. The number of hydrogen-bond acceptors (Lipinski definition) is 8. The molecule has 2 saturated carbocycles. The van der Waals surface area contributed by atoms with E-state index in [-0.39, 0.29) is 11.8 Å². The smallest absolute Gasteiger partial charge is 0.270 e. The number of nitrogens with zero attached hydrogens (tertiary/aromatic N) is 4. The lowest BCUT2D eigenvalue weighted by Gasteiger charge is -2.22. The van der Waals surface area contributed by atoms with Gasteiger partial charge in [0.2, 0.25) is 0 Å². The first kappa shape index (κ1) is 40.1. The first-order chi connectivity index (χ1) is 25.5. The van der Waals surface area contributed by atoms with Crippen molar-refractivity contribution in [1.29, 1.82) is 0 Å². The van der Waals surface area contributed by atoms with Crippen molar-refractivity contribution in [2.75, 3.05) is 19.3 Å². The highest BCUT2D eigenvalue weighted by atomic mass is 32.1. The molecule has 284 valence electrons. The number of aliphatic imine (C=N–C) groups is 1. The molecule has 2 aromatic carbocycles. The zero-order valence-electron chi connectivity index (χ0n) is 32.4. The molecular weight excluding hydrogens is 699 g/mol. The Kier molecular flexibility index (Phi) is 14.6. The van der Waals surface area contributed by atoms with Crippen molar-refractivity contribution in [2.24, 2.45) is 4.99 Å². The largest absolute Gasteiger partial charge is 0.399 e. The first-order valence-corrected chi connectivity index (χ1v) is 21.0. The molecular formula is C42H57N7O2S2. The van der Waals surface area contributed by atoms with E-state index in [1.54, 1.807) is 22.7 Å². The van der Waals surface area contributed by atoms with Crippen LogP contribution in [0.4, 0.5) is 11.4 Å². The van der Waals surface area contributed by atoms with Crippen LogP contribution in [-0.4, -0.2) is 58.7 Å². The van der Waals surface area contributed by atoms with E-state index in [1.165, 1.54) is 60.8 Å². The van der Waals surface area contributed by atoms with E-state index in [1.807, 2.05) is 37.1 Å². The predicted molar refractivity (Wildman–Crippen MR) is 221 cm³/mol. The van der Waals surface area contributed by atoms with E-state index in [4.69, 9.17) is 5.73 Å². The lowest BCUT2D eigenvalue weighted by atomic mass is 9.95.